The van der Waals surface area contributed by atoms with E-state index in [1.807, 2.05) is 0 Å². The first-order chi connectivity index (χ1) is 15.5. The smallest absolute Gasteiger partial charge is 1.00 e. The van der Waals surface area contributed by atoms with Gasteiger partial charge in [-0.15, -0.1) is 0 Å². The van der Waals surface area contributed by atoms with E-state index in [0.717, 1.165) is 0 Å². The second-order valence-corrected chi connectivity index (χ2v) is 34.7. The fraction of sp³-hybridized carbons (Fsp3) is 0.200. The molecule has 4 heteroatoms. The number of benzene rings is 4. The Hall–Kier alpha value is -1.45. The number of hydrogen-bond acceptors (Lipinski definition) is 0. The van der Waals surface area contributed by atoms with E-state index >= 15 is 0 Å². The van der Waals surface area contributed by atoms with Crippen molar-refractivity contribution in [2.24, 2.45) is 0 Å². The molecule has 4 aromatic rings. The largest absolute Gasteiger partial charge is 1.00 e. The first-order valence-electron chi connectivity index (χ1n) is 11.6. The Morgan fingerprint density at radius 2 is 0.941 bits per heavy atom. The molecule has 0 saturated heterocycles. The van der Waals surface area contributed by atoms with Crippen molar-refractivity contribution in [1.82, 2.24) is 0 Å². The third-order valence-corrected chi connectivity index (χ3v) is 35.7. The molecular formula is C30H28Cl2HfSi. The Morgan fingerprint density at radius 1 is 0.588 bits per heavy atom. The molecule has 2 atom stereocenters. The molecule has 0 radical (unpaired) electrons. The number of hydrogen-bond donors (Lipinski definition) is 0. The number of allylic oxidation sites excluding steroid dienone is 2. The molecule has 0 aromatic heterocycles. The minimum absolute atomic E-state index is 0. The van der Waals surface area contributed by atoms with Gasteiger partial charge >= 0.3 is 200 Å². The second kappa shape index (κ2) is 9.89. The molecule has 0 fully saturated rings. The molecule has 6 rings (SSSR count). The molecule has 0 heterocycles. The molecule has 0 nitrogen and oxygen atoms in total. The van der Waals surface area contributed by atoms with Crippen LogP contribution in [0.5, 0.6) is 0 Å². The van der Waals surface area contributed by atoms with Gasteiger partial charge in [0.2, 0.25) is 0 Å². The van der Waals surface area contributed by atoms with Crippen molar-refractivity contribution in [2.45, 2.75) is 34.3 Å². The minimum Gasteiger partial charge on any atom is -1.00 e. The predicted octanol–water partition coefficient (Wildman–Crippen LogP) is 2.49. The van der Waals surface area contributed by atoms with Gasteiger partial charge in [-0.2, -0.15) is 0 Å². The van der Waals surface area contributed by atoms with Crippen LogP contribution >= 0.6 is 0 Å². The molecule has 0 aliphatic heterocycles. The molecular weight excluding hydrogens is 638 g/mol. The molecule has 0 amide bonds. The Balaban J connectivity index is 0.00000137. The third-order valence-electron chi connectivity index (χ3n) is 7.40. The molecule has 2 aliphatic carbocycles. The zero-order valence-electron chi connectivity index (χ0n) is 20.0. The maximum absolute atomic E-state index is 2.62. The van der Waals surface area contributed by atoms with Crippen LogP contribution in [-0.4, -0.2) is 5.49 Å². The van der Waals surface area contributed by atoms with Crippen LogP contribution in [0.3, 0.4) is 0 Å². The topological polar surface area (TPSA) is 0 Å². The molecule has 0 saturated carbocycles. The van der Waals surface area contributed by atoms with Crippen molar-refractivity contribution in [3.63, 3.8) is 0 Å². The number of fused-ring (bicyclic) bond motifs is 4. The van der Waals surface area contributed by atoms with E-state index in [1.165, 1.54) is 32.7 Å². The Kier molecular flexibility index (Phi) is 7.46. The fourth-order valence-electron chi connectivity index (χ4n) is 6.02. The predicted molar refractivity (Wildman–Crippen MR) is 138 cm³/mol. The van der Waals surface area contributed by atoms with E-state index in [9.17, 15) is 0 Å². The molecule has 34 heavy (non-hydrogen) atoms. The van der Waals surface area contributed by atoms with E-state index < -0.39 is 20.1 Å². The second-order valence-electron chi connectivity index (χ2n) is 9.75. The van der Waals surface area contributed by atoms with Crippen molar-refractivity contribution in [3.8, 4) is 0 Å². The van der Waals surface area contributed by atoms with Gasteiger partial charge in [0, 0.05) is 0 Å². The van der Waals surface area contributed by atoms with Crippen molar-refractivity contribution in [1.29, 1.82) is 0 Å². The van der Waals surface area contributed by atoms with Gasteiger partial charge in [0.25, 0.3) is 0 Å². The Morgan fingerprint density at radius 3 is 1.29 bits per heavy atom. The number of halogens is 2. The minimum atomic E-state index is -2.18. The van der Waals surface area contributed by atoms with Crippen LogP contribution in [0.2, 0.25) is 13.1 Å². The van der Waals surface area contributed by atoms with Crippen LogP contribution < -0.4 is 24.8 Å². The molecule has 2 unspecified atom stereocenters. The zero-order chi connectivity index (χ0) is 22.0. The van der Waals surface area contributed by atoms with Gasteiger partial charge in [0.1, 0.15) is 0 Å². The zero-order valence-corrected chi connectivity index (χ0v) is 26.1. The van der Waals surface area contributed by atoms with Crippen molar-refractivity contribution in [2.75, 3.05) is 0 Å². The summed E-state index contributed by atoms with van der Waals surface area (Å²) >= 11 is -2.18. The summed E-state index contributed by atoms with van der Waals surface area (Å²) in [5.41, 5.74) is 9.13. The van der Waals surface area contributed by atoms with Crippen LogP contribution in [0.15, 0.2) is 83.9 Å². The van der Waals surface area contributed by atoms with Crippen molar-refractivity contribution < 1.29 is 44.9 Å². The third kappa shape index (κ3) is 4.11. The van der Waals surface area contributed by atoms with E-state index in [0.29, 0.717) is 7.35 Å². The Labute approximate surface area is 223 Å². The van der Waals surface area contributed by atoms with Crippen molar-refractivity contribution in [3.05, 3.63) is 106 Å². The summed E-state index contributed by atoms with van der Waals surface area (Å²) < 4.78 is 1.43. The molecule has 170 valence electrons. The van der Waals surface area contributed by atoms with E-state index in [4.69, 9.17) is 0 Å². The van der Waals surface area contributed by atoms with Crippen LogP contribution in [-0.2, 0) is 20.1 Å². The maximum atomic E-state index is 2.62. The van der Waals surface area contributed by atoms with Gasteiger partial charge in [-0.1, -0.05) is 0 Å². The van der Waals surface area contributed by atoms with Gasteiger partial charge in [-0.25, -0.2) is 0 Å². The fourth-order valence-corrected chi connectivity index (χ4v) is 35.4. The van der Waals surface area contributed by atoms with Gasteiger partial charge < -0.3 is 24.8 Å². The van der Waals surface area contributed by atoms with Crippen LogP contribution in [0.1, 0.15) is 43.5 Å². The first-order valence-corrected chi connectivity index (χ1v) is 23.6. The molecule has 0 spiro atoms. The summed E-state index contributed by atoms with van der Waals surface area (Å²) in [6.45, 7) is 10.1. The van der Waals surface area contributed by atoms with Gasteiger partial charge in [-0.05, 0) is 0 Å². The summed E-state index contributed by atoms with van der Waals surface area (Å²) in [4.78, 5) is 0. The van der Waals surface area contributed by atoms with E-state index in [1.54, 1.807) is 22.3 Å². The summed E-state index contributed by atoms with van der Waals surface area (Å²) in [7, 11) is 0. The van der Waals surface area contributed by atoms with Gasteiger partial charge in [0.15, 0.2) is 0 Å². The normalized spacial score (nSPS) is 17.6. The first kappa shape index (κ1) is 25.6. The van der Waals surface area contributed by atoms with Crippen LogP contribution in [0, 0.1) is 0 Å². The average Bonchev–Trinajstić information content (AvgIpc) is 3.26. The van der Waals surface area contributed by atoms with Crippen molar-refractivity contribution >= 4 is 39.2 Å². The molecule has 4 aromatic carbocycles. The standard InChI is InChI=1S/2C14H11.C2H6Si.2ClH.Hf/c2*1-10-6-13-8-11-4-2-3-5-12(11)9-14(13)7-10;1-3-2;;;/h2*2-9H,1H3;1-2H3;2*1H;/q;;;;;+2/p-2. The van der Waals surface area contributed by atoms with E-state index in [-0.39, 0.29) is 30.3 Å². The summed E-state index contributed by atoms with van der Waals surface area (Å²) in [5, 5.41) is 5.54. The average molecular weight is 666 g/mol. The van der Waals surface area contributed by atoms with Crippen LogP contribution in [0.25, 0.3) is 33.7 Å². The number of rotatable bonds is 2. The molecule has 2 aliphatic rings. The summed E-state index contributed by atoms with van der Waals surface area (Å²) in [6, 6.07) is 27.7. The van der Waals surface area contributed by atoms with E-state index in [2.05, 4.69) is 112 Å². The SMILES string of the molecule is CC1=Cc2cc3ccccc3cc2[CH]1[Hf+2]([CH]1C(C)=Cc2cc3ccccc3cc21)=[Si](C)C.[Cl-].[Cl-]. The quantitative estimate of drug-likeness (QED) is 0.289. The van der Waals surface area contributed by atoms with Gasteiger partial charge in [-0.3, -0.25) is 0 Å². The van der Waals surface area contributed by atoms with Gasteiger partial charge in [0.05, 0.1) is 0 Å². The Bertz CT molecular complexity index is 1420. The molecule has 0 N–H and O–H groups in total. The van der Waals surface area contributed by atoms with Crippen LogP contribution in [0.4, 0.5) is 0 Å². The maximum Gasteiger partial charge on any atom is -1.00 e. The summed E-state index contributed by atoms with van der Waals surface area (Å²) in [6.07, 6.45) is 5.02. The summed E-state index contributed by atoms with van der Waals surface area (Å²) in [5.74, 6) is 0. The molecule has 0 bridgehead atoms. The monoisotopic (exact) mass is 666 g/mol.